The fourth-order valence-corrected chi connectivity index (χ4v) is 4.17. The highest BCUT2D eigenvalue weighted by atomic mass is 16.4. The highest BCUT2D eigenvalue weighted by Gasteiger charge is 2.34. The Kier molecular flexibility index (Phi) is 5.74. The summed E-state index contributed by atoms with van der Waals surface area (Å²) in [5, 5.41) is 12.2. The predicted octanol–water partition coefficient (Wildman–Crippen LogP) is 2.44. The largest absolute Gasteiger partial charge is 0.481 e. The Hall–Kier alpha value is -1.88. The van der Waals surface area contributed by atoms with E-state index < -0.39 is 5.97 Å². The molecule has 0 radical (unpaired) electrons. The second-order valence-corrected chi connectivity index (χ2v) is 7.34. The van der Waals surface area contributed by atoms with Crippen molar-refractivity contribution in [3.05, 3.63) is 35.4 Å². The van der Waals surface area contributed by atoms with E-state index in [-0.39, 0.29) is 17.7 Å². The molecule has 1 unspecified atom stereocenters. The van der Waals surface area contributed by atoms with Crippen LogP contribution in [0.5, 0.6) is 0 Å². The number of amides is 1. The second kappa shape index (κ2) is 8.00. The van der Waals surface area contributed by atoms with Crippen molar-refractivity contribution < 1.29 is 14.7 Å². The van der Waals surface area contributed by atoms with Crippen LogP contribution in [-0.4, -0.2) is 41.0 Å². The summed E-state index contributed by atoms with van der Waals surface area (Å²) in [7, 11) is 0. The van der Waals surface area contributed by atoms with Crippen LogP contribution < -0.4 is 5.32 Å². The van der Waals surface area contributed by atoms with Crippen molar-refractivity contribution in [2.75, 3.05) is 13.1 Å². The number of carboxylic acid groups (broad SMARTS) is 1. The van der Waals surface area contributed by atoms with Crippen molar-refractivity contribution in [1.82, 2.24) is 10.2 Å². The third kappa shape index (κ3) is 4.21. The van der Waals surface area contributed by atoms with Crippen molar-refractivity contribution in [3.63, 3.8) is 0 Å². The summed E-state index contributed by atoms with van der Waals surface area (Å²) in [5.74, 6) is -1.23. The molecule has 0 spiro atoms. The number of aliphatic carboxylic acids is 1. The van der Waals surface area contributed by atoms with E-state index in [2.05, 4.69) is 41.4 Å². The Bertz CT molecular complexity index is 631. The summed E-state index contributed by atoms with van der Waals surface area (Å²) in [6.45, 7) is 4.77. The SMILES string of the molecule is CCC(CNC(=O)[C@@H]1CC[C@H](C(=O)O)C1)N1CCc2ccccc2C1. The van der Waals surface area contributed by atoms with E-state index in [0.717, 1.165) is 25.9 Å². The molecule has 25 heavy (non-hydrogen) atoms. The molecule has 2 N–H and O–H groups in total. The smallest absolute Gasteiger partial charge is 0.306 e. The molecule has 0 bridgehead atoms. The second-order valence-electron chi connectivity index (χ2n) is 7.34. The zero-order chi connectivity index (χ0) is 17.8. The van der Waals surface area contributed by atoms with E-state index >= 15 is 0 Å². The van der Waals surface area contributed by atoms with Crippen molar-refractivity contribution in [2.45, 2.75) is 51.6 Å². The average molecular weight is 344 g/mol. The van der Waals surface area contributed by atoms with Gasteiger partial charge in [-0.15, -0.1) is 0 Å². The van der Waals surface area contributed by atoms with Crippen LogP contribution in [0.4, 0.5) is 0 Å². The summed E-state index contributed by atoms with van der Waals surface area (Å²) < 4.78 is 0. The lowest BCUT2D eigenvalue weighted by atomic mass is 9.98. The van der Waals surface area contributed by atoms with E-state index in [9.17, 15) is 9.59 Å². The van der Waals surface area contributed by atoms with Gasteiger partial charge in [-0.2, -0.15) is 0 Å². The number of fused-ring (bicyclic) bond motifs is 1. The molecule has 1 amide bonds. The number of carbonyl (C=O) groups is 2. The minimum Gasteiger partial charge on any atom is -0.481 e. The third-order valence-corrected chi connectivity index (χ3v) is 5.81. The van der Waals surface area contributed by atoms with Gasteiger partial charge in [-0.05, 0) is 43.2 Å². The van der Waals surface area contributed by atoms with Gasteiger partial charge in [0.25, 0.3) is 0 Å². The van der Waals surface area contributed by atoms with Crippen LogP contribution in [0.2, 0.25) is 0 Å². The van der Waals surface area contributed by atoms with Crippen LogP contribution >= 0.6 is 0 Å². The quantitative estimate of drug-likeness (QED) is 0.832. The van der Waals surface area contributed by atoms with Gasteiger partial charge in [-0.3, -0.25) is 14.5 Å². The molecule has 1 aliphatic heterocycles. The van der Waals surface area contributed by atoms with Crippen molar-refractivity contribution in [2.24, 2.45) is 11.8 Å². The molecule has 2 aliphatic rings. The normalized spacial score (nSPS) is 24.5. The van der Waals surface area contributed by atoms with Gasteiger partial charge in [0, 0.05) is 31.6 Å². The van der Waals surface area contributed by atoms with Gasteiger partial charge in [0.2, 0.25) is 5.91 Å². The lowest BCUT2D eigenvalue weighted by molar-refractivity contribution is -0.141. The maximum absolute atomic E-state index is 12.4. The summed E-state index contributed by atoms with van der Waals surface area (Å²) in [6, 6.07) is 8.90. The van der Waals surface area contributed by atoms with Gasteiger partial charge in [0.15, 0.2) is 0 Å². The number of rotatable bonds is 6. The molecule has 136 valence electrons. The highest BCUT2D eigenvalue weighted by Crippen LogP contribution is 2.31. The van der Waals surface area contributed by atoms with Gasteiger partial charge < -0.3 is 10.4 Å². The van der Waals surface area contributed by atoms with E-state index in [4.69, 9.17) is 5.11 Å². The van der Waals surface area contributed by atoms with Crippen molar-refractivity contribution >= 4 is 11.9 Å². The number of carbonyl (C=O) groups excluding carboxylic acids is 1. The predicted molar refractivity (Wildman–Crippen MR) is 96.1 cm³/mol. The molecule has 1 aliphatic carbocycles. The minimum atomic E-state index is -0.770. The van der Waals surface area contributed by atoms with Crippen LogP contribution in [0.1, 0.15) is 43.7 Å². The molecule has 0 aromatic heterocycles. The van der Waals surface area contributed by atoms with Crippen LogP contribution in [0.25, 0.3) is 0 Å². The van der Waals surface area contributed by atoms with Crippen molar-refractivity contribution in [3.8, 4) is 0 Å². The highest BCUT2D eigenvalue weighted by molar-refractivity contribution is 5.80. The van der Waals surface area contributed by atoms with E-state index in [1.54, 1.807) is 0 Å². The fraction of sp³-hybridized carbons (Fsp3) is 0.600. The minimum absolute atomic E-state index is 0.0274. The van der Waals surface area contributed by atoms with Crippen molar-refractivity contribution in [1.29, 1.82) is 0 Å². The van der Waals surface area contributed by atoms with E-state index in [1.807, 2.05) is 0 Å². The number of hydrogen-bond donors (Lipinski definition) is 2. The maximum atomic E-state index is 12.4. The molecule has 1 heterocycles. The van der Waals surface area contributed by atoms with Gasteiger partial charge in [-0.1, -0.05) is 31.2 Å². The molecule has 1 saturated carbocycles. The monoisotopic (exact) mass is 344 g/mol. The number of nitrogens with one attached hydrogen (secondary N) is 1. The van der Waals surface area contributed by atoms with E-state index in [0.29, 0.717) is 31.8 Å². The molecule has 5 nitrogen and oxygen atoms in total. The standard InChI is InChI=1S/C20H28N2O3/c1-2-18(22-10-9-14-5-3-4-6-17(14)13-22)12-21-19(23)15-7-8-16(11-15)20(24)25/h3-6,15-16,18H,2,7-13H2,1H3,(H,21,23)(H,24,25)/t15-,16+,18?/m1/s1. The average Bonchev–Trinajstić information content (AvgIpc) is 3.12. The Morgan fingerprint density at radius 3 is 2.64 bits per heavy atom. The van der Waals surface area contributed by atoms with Gasteiger partial charge in [0.1, 0.15) is 0 Å². The number of carboxylic acids is 1. The zero-order valence-corrected chi connectivity index (χ0v) is 14.9. The van der Waals surface area contributed by atoms with Crippen LogP contribution in [0.3, 0.4) is 0 Å². The molecule has 3 rings (SSSR count). The summed E-state index contributed by atoms with van der Waals surface area (Å²) in [6.07, 6.45) is 3.84. The summed E-state index contributed by atoms with van der Waals surface area (Å²) >= 11 is 0. The molecule has 5 heteroatoms. The third-order valence-electron chi connectivity index (χ3n) is 5.81. The zero-order valence-electron chi connectivity index (χ0n) is 14.9. The molecule has 1 aromatic carbocycles. The van der Waals surface area contributed by atoms with Crippen LogP contribution in [0.15, 0.2) is 24.3 Å². The first-order chi connectivity index (χ1) is 12.1. The Morgan fingerprint density at radius 1 is 1.24 bits per heavy atom. The Labute approximate surface area is 149 Å². The van der Waals surface area contributed by atoms with Gasteiger partial charge >= 0.3 is 5.97 Å². The summed E-state index contributed by atoms with van der Waals surface area (Å²) in [5.41, 5.74) is 2.82. The lowest BCUT2D eigenvalue weighted by Crippen LogP contribution is -2.46. The number of benzene rings is 1. The lowest BCUT2D eigenvalue weighted by Gasteiger charge is -2.35. The fourth-order valence-electron chi connectivity index (χ4n) is 4.17. The number of nitrogens with zero attached hydrogens (tertiary/aromatic N) is 1. The van der Waals surface area contributed by atoms with Crippen LogP contribution in [0, 0.1) is 11.8 Å². The molecular weight excluding hydrogens is 316 g/mol. The first-order valence-electron chi connectivity index (χ1n) is 9.39. The molecule has 1 aromatic rings. The topological polar surface area (TPSA) is 69.6 Å². The van der Waals surface area contributed by atoms with Crippen LogP contribution in [-0.2, 0) is 22.6 Å². The first kappa shape index (κ1) is 17.9. The molecule has 1 fully saturated rings. The number of hydrogen-bond acceptors (Lipinski definition) is 3. The molecular formula is C20H28N2O3. The summed E-state index contributed by atoms with van der Waals surface area (Å²) in [4.78, 5) is 25.9. The first-order valence-corrected chi connectivity index (χ1v) is 9.39. The Morgan fingerprint density at radius 2 is 1.96 bits per heavy atom. The maximum Gasteiger partial charge on any atom is 0.306 e. The molecule has 0 saturated heterocycles. The van der Waals surface area contributed by atoms with E-state index in [1.165, 1.54) is 11.1 Å². The molecule has 3 atom stereocenters. The van der Waals surface area contributed by atoms with Gasteiger partial charge in [0.05, 0.1) is 5.92 Å². The van der Waals surface area contributed by atoms with Gasteiger partial charge in [-0.25, -0.2) is 0 Å². The Balaban J connectivity index is 1.51.